The normalized spacial score (nSPS) is 10.1. The van der Waals surface area contributed by atoms with Crippen LogP contribution in [0, 0.1) is 6.92 Å². The predicted molar refractivity (Wildman–Crippen MR) is 71.3 cm³/mol. The first kappa shape index (κ1) is 11.4. The number of nitrogens with one attached hydrogen (secondary N) is 1. The molecule has 0 atom stereocenters. The third-order valence-electron chi connectivity index (χ3n) is 2.70. The van der Waals surface area contributed by atoms with Crippen molar-refractivity contribution in [2.45, 2.75) is 6.92 Å². The van der Waals surface area contributed by atoms with Gasteiger partial charge in [-0.2, -0.15) is 0 Å². The molecule has 4 nitrogen and oxygen atoms in total. The smallest absolute Gasteiger partial charge is 0.141 e. The topological polar surface area (TPSA) is 54.2 Å². The van der Waals surface area contributed by atoms with Gasteiger partial charge in [0.05, 0.1) is 0 Å². The van der Waals surface area contributed by atoms with Crippen LogP contribution in [-0.2, 0) is 0 Å². The van der Waals surface area contributed by atoms with Gasteiger partial charge in [-0.1, -0.05) is 17.7 Å². The van der Waals surface area contributed by atoms with Gasteiger partial charge in [0, 0.05) is 30.7 Å². The standard InChI is InChI=1S/C13H16N4/c1-10-3-5-11(6-4-10)17(2)12-7-8-15-13(9-12)16-14/h3-9H,14H2,1-2H3,(H,15,16). The minimum atomic E-state index is 0.654. The number of nitrogen functional groups attached to an aromatic ring is 1. The molecule has 0 spiro atoms. The summed E-state index contributed by atoms with van der Waals surface area (Å²) in [7, 11) is 2.01. The van der Waals surface area contributed by atoms with Gasteiger partial charge in [-0.05, 0) is 25.1 Å². The lowest BCUT2D eigenvalue weighted by atomic mass is 10.2. The number of pyridine rings is 1. The highest BCUT2D eigenvalue weighted by Crippen LogP contribution is 2.24. The summed E-state index contributed by atoms with van der Waals surface area (Å²) < 4.78 is 0. The van der Waals surface area contributed by atoms with Crippen molar-refractivity contribution in [1.29, 1.82) is 0 Å². The Labute approximate surface area is 101 Å². The third kappa shape index (κ3) is 2.54. The minimum Gasteiger partial charge on any atom is -0.344 e. The first-order chi connectivity index (χ1) is 8.20. The predicted octanol–water partition coefficient (Wildman–Crippen LogP) is 2.44. The second-order valence-electron chi connectivity index (χ2n) is 3.94. The second kappa shape index (κ2) is 4.84. The van der Waals surface area contributed by atoms with Crippen molar-refractivity contribution in [3.05, 3.63) is 48.2 Å². The van der Waals surface area contributed by atoms with Crippen LogP contribution in [0.25, 0.3) is 0 Å². The van der Waals surface area contributed by atoms with Gasteiger partial charge in [-0.25, -0.2) is 10.8 Å². The number of hydrazine groups is 1. The van der Waals surface area contributed by atoms with E-state index in [9.17, 15) is 0 Å². The Bertz CT molecular complexity index is 493. The van der Waals surface area contributed by atoms with E-state index in [2.05, 4.69) is 46.5 Å². The van der Waals surface area contributed by atoms with Crippen molar-refractivity contribution in [3.8, 4) is 0 Å². The molecule has 0 unspecified atom stereocenters. The van der Waals surface area contributed by atoms with Gasteiger partial charge in [0.25, 0.3) is 0 Å². The first-order valence-electron chi connectivity index (χ1n) is 5.44. The molecule has 0 saturated carbocycles. The average Bonchev–Trinajstić information content (AvgIpc) is 2.39. The third-order valence-corrected chi connectivity index (χ3v) is 2.70. The Morgan fingerprint density at radius 2 is 1.82 bits per heavy atom. The summed E-state index contributed by atoms with van der Waals surface area (Å²) in [4.78, 5) is 6.17. The van der Waals surface area contributed by atoms with E-state index in [0.717, 1.165) is 11.4 Å². The molecule has 0 saturated heterocycles. The molecular weight excluding hydrogens is 212 g/mol. The minimum absolute atomic E-state index is 0.654. The van der Waals surface area contributed by atoms with Crippen molar-refractivity contribution >= 4 is 17.2 Å². The molecule has 2 aromatic rings. The molecule has 0 radical (unpaired) electrons. The van der Waals surface area contributed by atoms with Gasteiger partial charge < -0.3 is 10.3 Å². The highest BCUT2D eigenvalue weighted by Gasteiger charge is 2.04. The molecule has 0 bridgehead atoms. The summed E-state index contributed by atoms with van der Waals surface area (Å²) in [6, 6.07) is 12.2. The number of aryl methyl sites for hydroxylation is 1. The Morgan fingerprint density at radius 3 is 2.47 bits per heavy atom. The van der Waals surface area contributed by atoms with Crippen LogP contribution in [0.3, 0.4) is 0 Å². The van der Waals surface area contributed by atoms with Gasteiger partial charge in [0.1, 0.15) is 5.82 Å². The summed E-state index contributed by atoms with van der Waals surface area (Å²) in [5, 5.41) is 0. The maximum Gasteiger partial charge on any atom is 0.141 e. The molecule has 2 rings (SSSR count). The van der Waals surface area contributed by atoms with Crippen LogP contribution in [0.1, 0.15) is 5.56 Å². The average molecular weight is 228 g/mol. The Balaban J connectivity index is 2.29. The summed E-state index contributed by atoms with van der Waals surface area (Å²) in [6.45, 7) is 2.08. The number of hydrogen-bond donors (Lipinski definition) is 2. The van der Waals surface area contributed by atoms with E-state index in [1.54, 1.807) is 6.20 Å². The van der Waals surface area contributed by atoms with Gasteiger partial charge in [-0.15, -0.1) is 0 Å². The van der Waals surface area contributed by atoms with Crippen molar-refractivity contribution in [3.63, 3.8) is 0 Å². The highest BCUT2D eigenvalue weighted by atomic mass is 15.2. The molecule has 0 amide bonds. The van der Waals surface area contributed by atoms with Crippen molar-refractivity contribution in [1.82, 2.24) is 4.98 Å². The molecule has 17 heavy (non-hydrogen) atoms. The number of hydrogen-bond acceptors (Lipinski definition) is 4. The van der Waals surface area contributed by atoms with E-state index in [4.69, 9.17) is 5.84 Å². The van der Waals surface area contributed by atoms with Crippen LogP contribution < -0.4 is 16.2 Å². The van der Waals surface area contributed by atoms with E-state index in [1.807, 2.05) is 19.2 Å². The number of aromatic nitrogens is 1. The van der Waals surface area contributed by atoms with E-state index in [-0.39, 0.29) is 0 Å². The molecule has 3 N–H and O–H groups in total. The van der Waals surface area contributed by atoms with Crippen LogP contribution in [0.4, 0.5) is 17.2 Å². The van der Waals surface area contributed by atoms with E-state index >= 15 is 0 Å². The van der Waals surface area contributed by atoms with Gasteiger partial charge in [0.15, 0.2) is 0 Å². The molecule has 0 fully saturated rings. The molecule has 1 heterocycles. The summed E-state index contributed by atoms with van der Waals surface area (Å²) in [6.07, 6.45) is 1.73. The molecule has 0 aliphatic carbocycles. The number of nitrogens with zero attached hydrogens (tertiary/aromatic N) is 2. The zero-order valence-corrected chi connectivity index (χ0v) is 10.0. The molecular formula is C13H16N4. The monoisotopic (exact) mass is 228 g/mol. The lowest BCUT2D eigenvalue weighted by molar-refractivity contribution is 1.17. The fraction of sp³-hybridized carbons (Fsp3) is 0.154. The fourth-order valence-corrected chi connectivity index (χ4v) is 1.62. The Morgan fingerprint density at radius 1 is 1.12 bits per heavy atom. The molecule has 88 valence electrons. The van der Waals surface area contributed by atoms with Crippen LogP contribution in [0.15, 0.2) is 42.6 Å². The Kier molecular flexibility index (Phi) is 3.25. The summed E-state index contributed by atoms with van der Waals surface area (Å²) >= 11 is 0. The lowest BCUT2D eigenvalue weighted by Gasteiger charge is -2.20. The number of anilines is 3. The molecule has 4 heteroatoms. The van der Waals surface area contributed by atoms with Crippen molar-refractivity contribution < 1.29 is 0 Å². The zero-order valence-electron chi connectivity index (χ0n) is 10.0. The van der Waals surface area contributed by atoms with Gasteiger partial charge in [0.2, 0.25) is 0 Å². The van der Waals surface area contributed by atoms with Crippen molar-refractivity contribution in [2.24, 2.45) is 5.84 Å². The molecule has 0 aliphatic heterocycles. The fourth-order valence-electron chi connectivity index (χ4n) is 1.62. The largest absolute Gasteiger partial charge is 0.344 e. The van der Waals surface area contributed by atoms with E-state index in [1.165, 1.54) is 5.56 Å². The zero-order chi connectivity index (χ0) is 12.3. The highest BCUT2D eigenvalue weighted by molar-refractivity contribution is 5.64. The molecule has 1 aromatic carbocycles. The SMILES string of the molecule is Cc1ccc(N(C)c2ccnc(NN)c2)cc1. The maximum absolute atomic E-state index is 5.35. The first-order valence-corrected chi connectivity index (χ1v) is 5.44. The van der Waals surface area contributed by atoms with Crippen LogP contribution in [0.5, 0.6) is 0 Å². The van der Waals surface area contributed by atoms with Crippen LogP contribution in [0.2, 0.25) is 0 Å². The van der Waals surface area contributed by atoms with E-state index in [0.29, 0.717) is 5.82 Å². The lowest BCUT2D eigenvalue weighted by Crippen LogP contribution is -2.12. The number of nitrogens with two attached hydrogens (primary N) is 1. The maximum atomic E-state index is 5.35. The number of benzene rings is 1. The van der Waals surface area contributed by atoms with Crippen LogP contribution in [-0.4, -0.2) is 12.0 Å². The van der Waals surface area contributed by atoms with Gasteiger partial charge >= 0.3 is 0 Å². The quantitative estimate of drug-likeness (QED) is 0.626. The van der Waals surface area contributed by atoms with Crippen molar-refractivity contribution in [2.75, 3.05) is 17.4 Å². The summed E-state index contributed by atoms with van der Waals surface area (Å²) in [5.41, 5.74) is 5.96. The van der Waals surface area contributed by atoms with E-state index < -0.39 is 0 Å². The molecule has 1 aromatic heterocycles. The van der Waals surface area contributed by atoms with Crippen LogP contribution >= 0.6 is 0 Å². The Hall–Kier alpha value is -2.07. The number of rotatable bonds is 3. The molecule has 0 aliphatic rings. The van der Waals surface area contributed by atoms with Gasteiger partial charge in [-0.3, -0.25) is 0 Å². The summed E-state index contributed by atoms with van der Waals surface area (Å²) in [5.74, 6) is 6.00. The second-order valence-corrected chi connectivity index (χ2v) is 3.94.